The van der Waals surface area contributed by atoms with Gasteiger partial charge in [-0.15, -0.1) is 24.0 Å². The molecule has 0 saturated carbocycles. The van der Waals surface area contributed by atoms with E-state index in [0.717, 1.165) is 32.0 Å². The summed E-state index contributed by atoms with van der Waals surface area (Å²) in [6.45, 7) is 6.44. The predicted molar refractivity (Wildman–Crippen MR) is 132 cm³/mol. The van der Waals surface area contributed by atoms with E-state index >= 15 is 0 Å². The summed E-state index contributed by atoms with van der Waals surface area (Å²) >= 11 is 0. The van der Waals surface area contributed by atoms with Gasteiger partial charge >= 0.3 is 0 Å². The van der Waals surface area contributed by atoms with Crippen molar-refractivity contribution in [3.05, 3.63) is 59.8 Å². The molecule has 1 aliphatic heterocycles. The van der Waals surface area contributed by atoms with Crippen LogP contribution >= 0.6 is 24.0 Å². The molecule has 1 fully saturated rings. The molecule has 0 atom stereocenters. The maximum absolute atomic E-state index is 12.5. The molecule has 0 unspecified atom stereocenters. The predicted octanol–water partition coefficient (Wildman–Crippen LogP) is 2.41. The molecule has 2 N–H and O–H groups in total. The van der Waals surface area contributed by atoms with Crippen LogP contribution in [0.3, 0.4) is 0 Å². The van der Waals surface area contributed by atoms with Gasteiger partial charge in [0.05, 0.1) is 0 Å². The number of amides is 1. The number of nitrogens with one attached hydrogen (secondary N) is 2. The first-order valence-corrected chi connectivity index (χ1v) is 10.1. The number of halogens is 1. The van der Waals surface area contributed by atoms with Crippen molar-refractivity contribution in [2.75, 3.05) is 44.7 Å². The highest BCUT2D eigenvalue weighted by Crippen LogP contribution is 2.12. The number of benzene rings is 1. The number of carbonyl (C=O) groups excluding carboxylic acids is 1. The fourth-order valence-corrected chi connectivity index (χ4v) is 3.40. The third-order valence-electron chi connectivity index (χ3n) is 5.00. The van der Waals surface area contributed by atoms with Gasteiger partial charge in [-0.2, -0.15) is 0 Å². The zero-order valence-electron chi connectivity index (χ0n) is 17.7. The van der Waals surface area contributed by atoms with Gasteiger partial charge in [-0.05, 0) is 24.6 Å². The summed E-state index contributed by atoms with van der Waals surface area (Å²) < 4.78 is 0. The van der Waals surface area contributed by atoms with Crippen molar-refractivity contribution in [3.63, 3.8) is 0 Å². The summed E-state index contributed by atoms with van der Waals surface area (Å²) in [7, 11) is 1.74. The van der Waals surface area contributed by atoms with Crippen LogP contribution in [0.15, 0.2) is 53.7 Å². The number of aliphatic imine (C=N–C) groups is 1. The van der Waals surface area contributed by atoms with Crippen molar-refractivity contribution in [2.24, 2.45) is 4.99 Å². The fraction of sp³-hybridized carbons (Fsp3) is 0.409. The van der Waals surface area contributed by atoms with E-state index in [9.17, 15) is 4.79 Å². The van der Waals surface area contributed by atoms with Crippen molar-refractivity contribution in [3.8, 4) is 0 Å². The van der Waals surface area contributed by atoms with E-state index in [-0.39, 0.29) is 29.9 Å². The molecule has 30 heavy (non-hydrogen) atoms. The Morgan fingerprint density at radius 3 is 2.57 bits per heavy atom. The third-order valence-corrected chi connectivity index (χ3v) is 5.00. The molecule has 2 heterocycles. The monoisotopic (exact) mass is 522 g/mol. The molecule has 0 bridgehead atoms. The number of anilines is 1. The van der Waals surface area contributed by atoms with Crippen molar-refractivity contribution < 1.29 is 4.79 Å². The highest BCUT2D eigenvalue weighted by Gasteiger charge is 2.21. The summed E-state index contributed by atoms with van der Waals surface area (Å²) in [5.74, 6) is 1.86. The summed E-state index contributed by atoms with van der Waals surface area (Å²) in [5.41, 5.74) is 2.44. The summed E-state index contributed by atoms with van der Waals surface area (Å²) in [5, 5.41) is 6.52. The minimum atomic E-state index is 0. The minimum Gasteiger partial charge on any atom is -0.356 e. The van der Waals surface area contributed by atoms with Gasteiger partial charge in [0.15, 0.2) is 5.96 Å². The van der Waals surface area contributed by atoms with Crippen LogP contribution in [0.1, 0.15) is 17.5 Å². The van der Waals surface area contributed by atoms with Crippen molar-refractivity contribution in [1.29, 1.82) is 0 Å². The van der Waals surface area contributed by atoms with Crippen molar-refractivity contribution in [2.45, 2.75) is 19.9 Å². The maximum atomic E-state index is 12.5. The molecule has 8 heteroatoms. The van der Waals surface area contributed by atoms with Crippen LogP contribution in [0.2, 0.25) is 0 Å². The average molecular weight is 522 g/mol. The molecule has 0 radical (unpaired) electrons. The van der Waals surface area contributed by atoms with E-state index in [1.807, 2.05) is 23.1 Å². The van der Waals surface area contributed by atoms with Gasteiger partial charge < -0.3 is 20.4 Å². The van der Waals surface area contributed by atoms with Crippen LogP contribution in [0.4, 0.5) is 5.82 Å². The van der Waals surface area contributed by atoms with E-state index in [0.29, 0.717) is 25.5 Å². The van der Waals surface area contributed by atoms with Gasteiger partial charge in [-0.25, -0.2) is 4.98 Å². The van der Waals surface area contributed by atoms with Crippen LogP contribution < -0.4 is 15.5 Å². The standard InChI is InChI=1S/C22H30N6O.HI/c1-18-6-5-7-19(16-18)17-26-22(23-2)25-11-9-21(29)28-14-12-27(13-15-28)20-8-3-4-10-24-20;/h3-8,10,16H,9,11-15,17H2,1-2H3,(H2,23,25,26);1H. The molecule has 1 aromatic carbocycles. The molecule has 1 saturated heterocycles. The van der Waals surface area contributed by atoms with E-state index in [2.05, 4.69) is 56.7 Å². The Kier molecular flexibility index (Phi) is 9.85. The number of hydrogen-bond donors (Lipinski definition) is 2. The lowest BCUT2D eigenvalue weighted by atomic mass is 10.1. The van der Waals surface area contributed by atoms with Crippen LogP contribution in [0.25, 0.3) is 0 Å². The largest absolute Gasteiger partial charge is 0.356 e. The lowest BCUT2D eigenvalue weighted by Crippen LogP contribution is -2.49. The lowest BCUT2D eigenvalue weighted by molar-refractivity contribution is -0.131. The van der Waals surface area contributed by atoms with Crippen molar-refractivity contribution in [1.82, 2.24) is 20.5 Å². The molecule has 0 spiro atoms. The van der Waals surface area contributed by atoms with Gasteiger partial charge in [0.1, 0.15) is 5.82 Å². The molecular formula is C22H31IN6O. The third kappa shape index (κ3) is 7.16. The van der Waals surface area contributed by atoms with Gasteiger partial charge in [0.2, 0.25) is 5.91 Å². The Morgan fingerprint density at radius 2 is 1.90 bits per heavy atom. The zero-order chi connectivity index (χ0) is 20.5. The Hall–Kier alpha value is -2.36. The maximum Gasteiger partial charge on any atom is 0.224 e. The fourth-order valence-electron chi connectivity index (χ4n) is 3.40. The zero-order valence-corrected chi connectivity index (χ0v) is 20.0. The summed E-state index contributed by atoms with van der Waals surface area (Å²) in [4.78, 5) is 25.3. The van der Waals surface area contributed by atoms with E-state index in [1.54, 1.807) is 13.2 Å². The Bertz CT molecular complexity index is 821. The van der Waals surface area contributed by atoms with Gasteiger partial charge in [-0.1, -0.05) is 35.9 Å². The van der Waals surface area contributed by atoms with E-state index in [4.69, 9.17) is 0 Å². The number of rotatable bonds is 6. The lowest BCUT2D eigenvalue weighted by Gasteiger charge is -2.35. The number of aryl methyl sites for hydroxylation is 1. The summed E-state index contributed by atoms with van der Waals surface area (Å²) in [6, 6.07) is 14.3. The highest BCUT2D eigenvalue weighted by atomic mass is 127. The average Bonchev–Trinajstić information content (AvgIpc) is 2.76. The molecule has 162 valence electrons. The Morgan fingerprint density at radius 1 is 1.10 bits per heavy atom. The first-order valence-electron chi connectivity index (χ1n) is 10.1. The molecule has 0 aliphatic carbocycles. The first-order chi connectivity index (χ1) is 14.2. The van der Waals surface area contributed by atoms with Crippen LogP contribution in [0.5, 0.6) is 0 Å². The number of guanidine groups is 1. The molecule has 1 aromatic heterocycles. The SMILES string of the molecule is CN=C(NCCC(=O)N1CCN(c2ccccn2)CC1)NCc1cccc(C)c1.I. The second-order valence-corrected chi connectivity index (χ2v) is 7.15. The van der Waals surface area contributed by atoms with Gasteiger partial charge in [0, 0.05) is 58.9 Å². The molecule has 3 rings (SSSR count). The molecule has 1 aliphatic rings. The first kappa shape index (κ1) is 23.9. The van der Waals surface area contributed by atoms with E-state index in [1.165, 1.54) is 11.1 Å². The van der Waals surface area contributed by atoms with Crippen molar-refractivity contribution >= 4 is 41.7 Å². The normalized spacial score (nSPS) is 14.1. The Balaban J connectivity index is 0.00000320. The number of hydrogen-bond acceptors (Lipinski definition) is 4. The summed E-state index contributed by atoms with van der Waals surface area (Å²) in [6.07, 6.45) is 2.26. The minimum absolute atomic E-state index is 0. The van der Waals surface area contributed by atoms with Crippen LogP contribution in [-0.2, 0) is 11.3 Å². The molecule has 1 amide bonds. The van der Waals surface area contributed by atoms with Crippen LogP contribution in [0, 0.1) is 6.92 Å². The highest BCUT2D eigenvalue weighted by molar-refractivity contribution is 14.0. The van der Waals surface area contributed by atoms with Crippen LogP contribution in [-0.4, -0.2) is 61.5 Å². The molecular weight excluding hydrogens is 491 g/mol. The second-order valence-electron chi connectivity index (χ2n) is 7.15. The quantitative estimate of drug-likeness (QED) is 0.347. The van der Waals surface area contributed by atoms with Gasteiger partial charge in [-0.3, -0.25) is 9.79 Å². The molecule has 7 nitrogen and oxygen atoms in total. The topological polar surface area (TPSA) is 72.9 Å². The second kappa shape index (κ2) is 12.4. The number of carbonyl (C=O) groups is 1. The molecule has 2 aromatic rings. The number of nitrogens with zero attached hydrogens (tertiary/aromatic N) is 4. The van der Waals surface area contributed by atoms with E-state index < -0.39 is 0 Å². The van der Waals surface area contributed by atoms with Gasteiger partial charge in [0.25, 0.3) is 0 Å². The number of aromatic nitrogens is 1. The smallest absolute Gasteiger partial charge is 0.224 e. The number of piperazine rings is 1. The number of pyridine rings is 1. The Labute approximate surface area is 196 Å².